The highest BCUT2D eigenvalue weighted by Gasteiger charge is 2.43. The van der Waals surface area contributed by atoms with E-state index < -0.39 is 0 Å². The molecule has 4 atom stereocenters. The molecule has 0 spiro atoms. The number of rotatable bonds is 7. The maximum atomic E-state index is 12.7. The summed E-state index contributed by atoms with van der Waals surface area (Å²) in [5.41, 5.74) is 0.438. The van der Waals surface area contributed by atoms with Crippen molar-refractivity contribution in [2.24, 2.45) is 17.8 Å². The average Bonchev–Trinajstić information content (AvgIpc) is 3.59. The molecule has 5 nitrogen and oxygen atoms in total. The van der Waals surface area contributed by atoms with Gasteiger partial charge in [0.25, 0.3) is 0 Å². The number of hydrogen-bond acceptors (Lipinski definition) is 5. The van der Waals surface area contributed by atoms with Crippen LogP contribution in [-0.2, 0) is 4.79 Å². The molecule has 3 aromatic rings. The Labute approximate surface area is 216 Å². The third-order valence-corrected chi connectivity index (χ3v) is 9.69. The Hall–Kier alpha value is -1.25. The lowest BCUT2D eigenvalue weighted by Crippen LogP contribution is -2.23. The number of anilines is 1. The molecule has 1 amide bonds. The summed E-state index contributed by atoms with van der Waals surface area (Å²) in [5, 5.41) is 15.7. The molecule has 2 aromatic heterocycles. The highest BCUT2D eigenvalue weighted by molar-refractivity contribution is 7.99. The summed E-state index contributed by atoms with van der Waals surface area (Å²) in [5.74, 6) is 3.14. The van der Waals surface area contributed by atoms with E-state index in [1.165, 1.54) is 43.5 Å². The minimum Gasteiger partial charge on any atom is -0.324 e. The highest BCUT2D eigenvalue weighted by Crippen LogP contribution is 2.53. The lowest BCUT2D eigenvalue weighted by atomic mass is 9.84. The van der Waals surface area contributed by atoms with Gasteiger partial charge in [0, 0.05) is 6.04 Å². The van der Waals surface area contributed by atoms with Gasteiger partial charge < -0.3 is 5.32 Å². The quantitative estimate of drug-likeness (QED) is 0.246. The van der Waals surface area contributed by atoms with Crippen molar-refractivity contribution >= 4 is 69.5 Å². The van der Waals surface area contributed by atoms with Gasteiger partial charge in [0.15, 0.2) is 11.0 Å². The van der Waals surface area contributed by atoms with Crippen molar-refractivity contribution in [2.45, 2.75) is 43.8 Å². The molecule has 2 bridgehead atoms. The van der Waals surface area contributed by atoms with Gasteiger partial charge in [-0.25, -0.2) is 0 Å². The number of nitrogens with zero attached hydrogens (tertiary/aromatic N) is 3. The first-order valence-corrected chi connectivity index (χ1v) is 14.0. The smallest absolute Gasteiger partial charge is 0.234 e. The van der Waals surface area contributed by atoms with E-state index >= 15 is 0 Å². The second-order valence-electron chi connectivity index (χ2n) is 8.82. The van der Waals surface area contributed by atoms with E-state index in [0.717, 1.165) is 27.7 Å². The van der Waals surface area contributed by atoms with Crippen LogP contribution in [0.15, 0.2) is 34.8 Å². The summed E-state index contributed by atoms with van der Waals surface area (Å²) < 4.78 is 2.25. The first kappa shape index (κ1) is 23.5. The molecule has 2 aliphatic carbocycles. The van der Waals surface area contributed by atoms with Crippen LogP contribution in [0.3, 0.4) is 0 Å². The molecular weight excluding hydrogens is 519 g/mol. The van der Waals surface area contributed by atoms with Gasteiger partial charge in [-0.2, -0.15) is 0 Å². The lowest BCUT2D eigenvalue weighted by molar-refractivity contribution is -0.113. The fourth-order valence-electron chi connectivity index (χ4n) is 5.33. The molecule has 2 aliphatic rings. The molecule has 2 fully saturated rings. The number of amides is 1. The predicted octanol–water partition coefficient (Wildman–Crippen LogP) is 7.69. The van der Waals surface area contributed by atoms with Gasteiger partial charge in [0.1, 0.15) is 0 Å². The zero-order valence-electron chi connectivity index (χ0n) is 17.9. The van der Waals surface area contributed by atoms with E-state index in [9.17, 15) is 4.79 Å². The Bertz CT molecular complexity index is 1170. The number of carbonyl (C=O) groups is 1. The van der Waals surface area contributed by atoms with Crippen LogP contribution < -0.4 is 5.32 Å². The number of halogens is 3. The van der Waals surface area contributed by atoms with Gasteiger partial charge in [-0.15, -0.1) is 21.5 Å². The van der Waals surface area contributed by atoms with Crippen LogP contribution in [0.25, 0.3) is 10.7 Å². The molecule has 10 heteroatoms. The molecule has 2 heterocycles. The van der Waals surface area contributed by atoms with Crippen molar-refractivity contribution in [3.63, 3.8) is 0 Å². The third kappa shape index (κ3) is 4.80. The summed E-state index contributed by atoms with van der Waals surface area (Å²) in [6, 6.07) is 7.47. The van der Waals surface area contributed by atoms with Crippen molar-refractivity contribution in [1.82, 2.24) is 14.8 Å². The molecule has 1 N–H and O–H groups in total. The molecule has 33 heavy (non-hydrogen) atoms. The number of thioether (sulfide) groups is 1. The van der Waals surface area contributed by atoms with Gasteiger partial charge in [-0.05, 0) is 67.5 Å². The van der Waals surface area contributed by atoms with E-state index in [-0.39, 0.29) is 17.7 Å². The number of nitrogens with one attached hydrogen (secondary N) is 1. The van der Waals surface area contributed by atoms with E-state index in [2.05, 4.69) is 38.5 Å². The van der Waals surface area contributed by atoms with Gasteiger partial charge in [-0.1, -0.05) is 59.1 Å². The normalized spacial score (nSPS) is 22.6. The largest absolute Gasteiger partial charge is 0.324 e. The molecule has 0 saturated heterocycles. The summed E-state index contributed by atoms with van der Waals surface area (Å²) in [7, 11) is 0. The van der Waals surface area contributed by atoms with Crippen molar-refractivity contribution in [3.05, 3.63) is 44.7 Å². The molecule has 174 valence electrons. The highest BCUT2D eigenvalue weighted by atomic mass is 35.5. The van der Waals surface area contributed by atoms with Crippen LogP contribution in [0.5, 0.6) is 0 Å². The molecule has 0 radical (unpaired) electrons. The summed E-state index contributed by atoms with van der Waals surface area (Å²) >= 11 is 21.3. The standard InChI is InChI=1S/C23H23Cl3N4OS2/c1-12(15-8-13-4-5-14(15)7-13)30-22(20-3-2-6-32-20)28-29-23(30)33-11-21(31)27-19-10-17(25)16(24)9-18(19)26/h2-3,6,9-10,12-15H,4-5,7-8,11H2,1H3,(H,27,31)/t12-,13+,14+,15-/m0/s1. The topological polar surface area (TPSA) is 59.8 Å². The van der Waals surface area contributed by atoms with Gasteiger partial charge in [0.05, 0.1) is 31.4 Å². The zero-order chi connectivity index (χ0) is 23.1. The second kappa shape index (κ2) is 9.78. The second-order valence-corrected chi connectivity index (χ2v) is 11.9. The third-order valence-electron chi connectivity index (χ3n) is 6.84. The van der Waals surface area contributed by atoms with Crippen molar-refractivity contribution in [1.29, 1.82) is 0 Å². The van der Waals surface area contributed by atoms with Crippen LogP contribution in [-0.4, -0.2) is 26.4 Å². The fourth-order valence-corrected chi connectivity index (χ4v) is 7.45. The number of fused-ring (bicyclic) bond motifs is 2. The van der Waals surface area contributed by atoms with E-state index in [1.54, 1.807) is 17.4 Å². The van der Waals surface area contributed by atoms with Crippen LogP contribution in [0.4, 0.5) is 5.69 Å². The maximum absolute atomic E-state index is 12.7. The maximum Gasteiger partial charge on any atom is 0.234 e. The van der Waals surface area contributed by atoms with Crippen molar-refractivity contribution < 1.29 is 4.79 Å². The van der Waals surface area contributed by atoms with Gasteiger partial charge >= 0.3 is 0 Å². The molecular formula is C23H23Cl3N4OS2. The Balaban J connectivity index is 1.35. The number of carbonyl (C=O) groups excluding carboxylic acids is 1. The van der Waals surface area contributed by atoms with Crippen LogP contribution in [0, 0.1) is 17.8 Å². The van der Waals surface area contributed by atoms with Gasteiger partial charge in [-0.3, -0.25) is 9.36 Å². The monoisotopic (exact) mass is 540 g/mol. The Kier molecular flexibility index (Phi) is 6.96. The molecule has 1 aromatic carbocycles. The van der Waals surface area contributed by atoms with Crippen LogP contribution >= 0.6 is 57.9 Å². The molecule has 5 rings (SSSR count). The van der Waals surface area contributed by atoms with Crippen molar-refractivity contribution in [2.75, 3.05) is 11.1 Å². The van der Waals surface area contributed by atoms with Crippen LogP contribution in [0.1, 0.15) is 38.6 Å². The first-order valence-electron chi connectivity index (χ1n) is 11.0. The Morgan fingerprint density at radius 3 is 2.73 bits per heavy atom. The molecule has 2 saturated carbocycles. The Morgan fingerprint density at radius 2 is 2.03 bits per heavy atom. The first-order chi connectivity index (χ1) is 15.9. The lowest BCUT2D eigenvalue weighted by Gasteiger charge is -2.30. The number of benzene rings is 1. The zero-order valence-corrected chi connectivity index (χ0v) is 21.8. The molecule has 0 aliphatic heterocycles. The summed E-state index contributed by atoms with van der Waals surface area (Å²) in [4.78, 5) is 13.8. The SMILES string of the molecule is C[C@@H]([C@@H]1C[C@@H]2CC[C@@H]1C2)n1c(SCC(=O)Nc2cc(Cl)c(Cl)cc2Cl)nnc1-c1cccs1. The van der Waals surface area contributed by atoms with E-state index in [4.69, 9.17) is 34.8 Å². The van der Waals surface area contributed by atoms with Crippen molar-refractivity contribution in [3.8, 4) is 10.7 Å². The number of hydrogen-bond donors (Lipinski definition) is 1. The predicted molar refractivity (Wildman–Crippen MR) is 138 cm³/mol. The number of aromatic nitrogens is 3. The van der Waals surface area contributed by atoms with E-state index in [0.29, 0.717) is 26.7 Å². The molecule has 0 unspecified atom stereocenters. The minimum atomic E-state index is -0.194. The number of thiophene rings is 1. The summed E-state index contributed by atoms with van der Waals surface area (Å²) in [6.45, 7) is 2.28. The fraction of sp³-hybridized carbons (Fsp3) is 0.435. The van der Waals surface area contributed by atoms with E-state index in [1.807, 2.05) is 6.07 Å². The minimum absolute atomic E-state index is 0.183. The average molecular weight is 542 g/mol. The Morgan fingerprint density at radius 1 is 1.21 bits per heavy atom. The van der Waals surface area contributed by atoms with Crippen LogP contribution in [0.2, 0.25) is 15.1 Å². The summed E-state index contributed by atoms with van der Waals surface area (Å²) in [6.07, 6.45) is 5.31. The van der Waals surface area contributed by atoms with Gasteiger partial charge in [0.2, 0.25) is 5.91 Å².